The Balaban J connectivity index is 1.86. The molecular weight excluding hydrogens is 262 g/mol. The maximum Gasteiger partial charge on any atom is 0.365 e. The van der Waals surface area contributed by atoms with Crippen LogP contribution >= 0.6 is 11.3 Å². The maximum absolute atomic E-state index is 11.8. The summed E-state index contributed by atoms with van der Waals surface area (Å²) in [6.45, 7) is 0.752. The number of aromatic carboxylic acids is 1. The van der Waals surface area contributed by atoms with E-state index in [-0.39, 0.29) is 11.1 Å². The second-order valence-corrected chi connectivity index (χ2v) is 6.19. The number of nitrogens with zero attached hydrogens (tertiary/aromatic N) is 1. The fraction of sp³-hybridized carbons (Fsp3) is 0.600. The average Bonchev–Trinajstić information content (AvgIpc) is 2.88. The normalized spacial score (nSPS) is 21.5. The number of rotatable bonds is 5. The number of ether oxygens (including phenoxy) is 1. The van der Waals surface area contributed by atoms with Crippen molar-refractivity contribution in [1.82, 2.24) is 4.98 Å². The number of hydrogen-bond donors (Lipinski definition) is 1. The third-order valence-corrected chi connectivity index (χ3v) is 4.68. The van der Waals surface area contributed by atoms with Crippen LogP contribution in [0.4, 0.5) is 0 Å². The molecule has 0 spiro atoms. The second kappa shape index (κ2) is 5.70. The van der Waals surface area contributed by atoms with E-state index in [1.165, 1.54) is 0 Å². The highest BCUT2D eigenvalue weighted by molar-refractivity contribution is 7.84. The molecule has 2 rings (SSSR count). The molecule has 1 saturated heterocycles. The molecule has 0 radical (unpaired) electrons. The number of carbonyl (C=O) groups is 1. The van der Waals surface area contributed by atoms with Crippen molar-refractivity contribution in [2.45, 2.75) is 24.7 Å². The molecule has 5 nitrogen and oxygen atoms in total. The monoisotopic (exact) mass is 275 g/mol. The number of hydrogen-bond acceptors (Lipinski definition) is 5. The van der Waals surface area contributed by atoms with Gasteiger partial charge in [0.25, 0.3) is 0 Å². The van der Waals surface area contributed by atoms with E-state index < -0.39 is 16.8 Å². The number of carboxylic acids is 1. The molecule has 1 aromatic heterocycles. The van der Waals surface area contributed by atoms with Crippen LogP contribution < -0.4 is 0 Å². The maximum atomic E-state index is 11.8. The van der Waals surface area contributed by atoms with E-state index >= 15 is 0 Å². The number of aromatic nitrogens is 1. The van der Waals surface area contributed by atoms with Crippen LogP contribution in [0.3, 0.4) is 0 Å². The summed E-state index contributed by atoms with van der Waals surface area (Å²) in [5.74, 6) is -0.213. The van der Waals surface area contributed by atoms with E-state index in [9.17, 15) is 9.00 Å². The molecule has 1 fully saturated rings. The van der Waals surface area contributed by atoms with Crippen molar-refractivity contribution in [2.75, 3.05) is 12.4 Å². The Hall–Kier alpha value is -0.790. The molecule has 1 aromatic rings. The Morgan fingerprint density at radius 2 is 2.53 bits per heavy atom. The van der Waals surface area contributed by atoms with Gasteiger partial charge in [-0.3, -0.25) is 4.21 Å². The third kappa shape index (κ3) is 3.58. The van der Waals surface area contributed by atoms with Crippen LogP contribution in [0, 0.1) is 0 Å². The van der Waals surface area contributed by atoms with Crippen molar-refractivity contribution >= 4 is 28.1 Å². The molecule has 0 bridgehead atoms. The molecule has 1 aliphatic rings. The van der Waals surface area contributed by atoms with Crippen LogP contribution in [0.1, 0.15) is 28.3 Å². The van der Waals surface area contributed by atoms with E-state index in [0.29, 0.717) is 17.2 Å². The van der Waals surface area contributed by atoms with Gasteiger partial charge in [-0.15, -0.1) is 11.3 Å². The number of thiazole rings is 1. The SMILES string of the molecule is O=C(O)c1nc(CS(=O)CC2CCCO2)cs1. The molecule has 2 heterocycles. The summed E-state index contributed by atoms with van der Waals surface area (Å²) in [7, 11) is -1.03. The van der Waals surface area contributed by atoms with Crippen molar-refractivity contribution in [3.8, 4) is 0 Å². The minimum Gasteiger partial charge on any atom is -0.476 e. The zero-order valence-electron chi connectivity index (χ0n) is 9.13. The molecular formula is C10H13NO4S2. The highest BCUT2D eigenvalue weighted by Crippen LogP contribution is 2.16. The van der Waals surface area contributed by atoms with Gasteiger partial charge in [0, 0.05) is 22.8 Å². The summed E-state index contributed by atoms with van der Waals surface area (Å²) < 4.78 is 17.2. The van der Waals surface area contributed by atoms with Gasteiger partial charge in [0.1, 0.15) is 0 Å². The Kier molecular flexibility index (Phi) is 4.25. The Labute approximate surface area is 105 Å². The predicted molar refractivity (Wildman–Crippen MR) is 64.8 cm³/mol. The quantitative estimate of drug-likeness (QED) is 0.875. The van der Waals surface area contributed by atoms with Gasteiger partial charge in [0.05, 0.1) is 23.3 Å². The van der Waals surface area contributed by atoms with Crippen LogP contribution in [-0.2, 0) is 21.3 Å². The van der Waals surface area contributed by atoms with E-state index in [2.05, 4.69) is 4.98 Å². The van der Waals surface area contributed by atoms with Gasteiger partial charge in [-0.1, -0.05) is 0 Å². The summed E-state index contributed by atoms with van der Waals surface area (Å²) in [5.41, 5.74) is 0.587. The molecule has 1 aliphatic heterocycles. The number of carboxylic acid groups (broad SMARTS) is 1. The Bertz CT molecular complexity index is 426. The third-order valence-electron chi connectivity index (χ3n) is 2.44. The van der Waals surface area contributed by atoms with Crippen LogP contribution in [0.2, 0.25) is 0 Å². The van der Waals surface area contributed by atoms with Crippen molar-refractivity contribution in [2.24, 2.45) is 0 Å². The smallest absolute Gasteiger partial charge is 0.365 e. The van der Waals surface area contributed by atoms with E-state index in [1.807, 2.05) is 0 Å². The second-order valence-electron chi connectivity index (χ2n) is 3.84. The fourth-order valence-corrected chi connectivity index (χ4v) is 3.71. The first-order valence-corrected chi connectivity index (χ1v) is 7.66. The zero-order valence-corrected chi connectivity index (χ0v) is 10.8. The molecule has 7 heteroatoms. The molecule has 94 valence electrons. The summed E-state index contributed by atoms with van der Waals surface area (Å²) in [6.07, 6.45) is 2.08. The van der Waals surface area contributed by atoms with Gasteiger partial charge in [-0.25, -0.2) is 9.78 Å². The summed E-state index contributed by atoms with van der Waals surface area (Å²) >= 11 is 1.07. The highest BCUT2D eigenvalue weighted by atomic mass is 32.2. The molecule has 2 unspecified atom stereocenters. The van der Waals surface area contributed by atoms with Gasteiger partial charge in [0.15, 0.2) is 0 Å². The molecule has 0 aromatic carbocycles. The Morgan fingerprint density at radius 3 is 3.12 bits per heavy atom. The van der Waals surface area contributed by atoms with E-state index in [1.54, 1.807) is 5.38 Å². The van der Waals surface area contributed by atoms with Crippen molar-refractivity contribution in [1.29, 1.82) is 0 Å². The van der Waals surface area contributed by atoms with E-state index in [0.717, 1.165) is 30.8 Å². The summed E-state index contributed by atoms with van der Waals surface area (Å²) in [5, 5.41) is 10.4. The average molecular weight is 275 g/mol. The molecule has 0 aliphatic carbocycles. The Morgan fingerprint density at radius 1 is 1.71 bits per heavy atom. The highest BCUT2D eigenvalue weighted by Gasteiger charge is 2.19. The van der Waals surface area contributed by atoms with E-state index in [4.69, 9.17) is 9.84 Å². The summed E-state index contributed by atoms with van der Waals surface area (Å²) in [4.78, 5) is 14.5. The van der Waals surface area contributed by atoms with Crippen LogP contribution in [0.5, 0.6) is 0 Å². The lowest BCUT2D eigenvalue weighted by atomic mass is 10.3. The van der Waals surface area contributed by atoms with Crippen molar-refractivity contribution in [3.05, 3.63) is 16.1 Å². The van der Waals surface area contributed by atoms with Gasteiger partial charge >= 0.3 is 5.97 Å². The van der Waals surface area contributed by atoms with Crippen molar-refractivity contribution in [3.63, 3.8) is 0 Å². The van der Waals surface area contributed by atoms with Crippen LogP contribution in [-0.4, -0.2) is 38.7 Å². The van der Waals surface area contributed by atoms with Gasteiger partial charge in [0.2, 0.25) is 5.01 Å². The first kappa shape index (κ1) is 12.7. The molecule has 1 N–H and O–H groups in total. The molecule has 17 heavy (non-hydrogen) atoms. The molecule has 0 amide bonds. The lowest BCUT2D eigenvalue weighted by molar-refractivity contribution is 0.0696. The van der Waals surface area contributed by atoms with Crippen LogP contribution in [0.25, 0.3) is 0 Å². The van der Waals surface area contributed by atoms with Crippen molar-refractivity contribution < 1.29 is 18.8 Å². The largest absolute Gasteiger partial charge is 0.476 e. The van der Waals surface area contributed by atoms with Gasteiger partial charge < -0.3 is 9.84 Å². The zero-order chi connectivity index (χ0) is 12.3. The lowest BCUT2D eigenvalue weighted by Gasteiger charge is -2.07. The van der Waals surface area contributed by atoms with Gasteiger partial charge in [-0.2, -0.15) is 0 Å². The first-order chi connectivity index (χ1) is 8.15. The first-order valence-electron chi connectivity index (χ1n) is 5.29. The molecule has 2 atom stereocenters. The predicted octanol–water partition coefficient (Wildman–Crippen LogP) is 1.27. The minimum absolute atomic E-state index is 0.0501. The minimum atomic E-state index is -1.04. The fourth-order valence-electron chi connectivity index (χ4n) is 1.68. The summed E-state index contributed by atoms with van der Waals surface area (Å²) in [6, 6.07) is 0. The topological polar surface area (TPSA) is 76.5 Å². The van der Waals surface area contributed by atoms with Crippen LogP contribution in [0.15, 0.2) is 5.38 Å². The molecule has 0 saturated carbocycles. The lowest BCUT2D eigenvalue weighted by Crippen LogP contribution is -2.16. The van der Waals surface area contributed by atoms with Gasteiger partial charge in [-0.05, 0) is 12.8 Å². The standard InChI is InChI=1S/C10H13NO4S2/c12-10(13)9-11-7(4-16-9)5-17(14)6-8-2-1-3-15-8/h4,8H,1-3,5-6H2,(H,12,13).